The summed E-state index contributed by atoms with van der Waals surface area (Å²) in [6.07, 6.45) is 0. The van der Waals surface area contributed by atoms with E-state index in [0.29, 0.717) is 11.5 Å². The van der Waals surface area contributed by atoms with E-state index in [-0.39, 0.29) is 24.5 Å². The zero-order valence-corrected chi connectivity index (χ0v) is 15.1. The van der Waals surface area contributed by atoms with Gasteiger partial charge in [0.05, 0.1) is 19.1 Å². The highest BCUT2D eigenvalue weighted by Crippen LogP contribution is 2.23. The first kappa shape index (κ1) is 19.3. The predicted octanol–water partition coefficient (Wildman–Crippen LogP) is 3.14. The van der Waals surface area contributed by atoms with Gasteiger partial charge in [0.25, 0.3) is 0 Å². The maximum absolute atomic E-state index is 12.5. The minimum absolute atomic E-state index is 0.0862. The number of carboxylic acid groups (broad SMARTS) is 1. The average molecular weight is 357 g/mol. The summed E-state index contributed by atoms with van der Waals surface area (Å²) in [4.78, 5) is 23.0. The lowest BCUT2D eigenvalue weighted by atomic mass is 9.99. The van der Waals surface area contributed by atoms with Gasteiger partial charge in [-0.05, 0) is 49.2 Å². The molecular formula is C20H23NO5. The van der Waals surface area contributed by atoms with Crippen molar-refractivity contribution in [3.63, 3.8) is 0 Å². The quantitative estimate of drug-likeness (QED) is 0.758. The van der Waals surface area contributed by atoms with Gasteiger partial charge in [0, 0.05) is 0 Å². The van der Waals surface area contributed by atoms with Gasteiger partial charge in [-0.25, -0.2) is 4.79 Å². The predicted molar refractivity (Wildman–Crippen MR) is 97.5 cm³/mol. The van der Waals surface area contributed by atoms with Crippen LogP contribution in [0.4, 0.5) is 0 Å². The number of amides is 1. The third-order valence-corrected chi connectivity index (χ3v) is 4.09. The number of carbonyl (C=O) groups is 2. The van der Waals surface area contributed by atoms with Gasteiger partial charge < -0.3 is 19.9 Å². The zero-order chi connectivity index (χ0) is 19.1. The second-order valence-corrected chi connectivity index (χ2v) is 5.98. The van der Waals surface area contributed by atoms with Crippen LogP contribution in [-0.2, 0) is 9.59 Å². The molecule has 2 rings (SSSR count). The Kier molecular flexibility index (Phi) is 6.60. The molecule has 0 saturated carbocycles. The number of methoxy groups -OCH3 is 1. The molecule has 0 aromatic heterocycles. The van der Waals surface area contributed by atoms with E-state index in [1.165, 1.54) is 0 Å². The third kappa shape index (κ3) is 5.24. The molecule has 0 saturated heterocycles. The number of nitrogens with one attached hydrogen (secondary N) is 1. The maximum Gasteiger partial charge on any atom is 0.341 e. The summed E-state index contributed by atoms with van der Waals surface area (Å²) in [5.74, 6) is -0.240. The van der Waals surface area contributed by atoms with Gasteiger partial charge in [-0.2, -0.15) is 0 Å². The van der Waals surface area contributed by atoms with Crippen molar-refractivity contribution < 1.29 is 24.2 Å². The minimum atomic E-state index is -1.03. The largest absolute Gasteiger partial charge is 0.497 e. The Morgan fingerprint density at radius 1 is 1.04 bits per heavy atom. The van der Waals surface area contributed by atoms with E-state index in [0.717, 1.165) is 11.1 Å². The highest BCUT2D eigenvalue weighted by molar-refractivity contribution is 5.83. The molecule has 0 bridgehead atoms. The van der Waals surface area contributed by atoms with Crippen molar-refractivity contribution in [2.24, 2.45) is 0 Å². The lowest BCUT2D eigenvalue weighted by molar-refractivity contribution is -0.139. The van der Waals surface area contributed by atoms with E-state index in [9.17, 15) is 9.59 Å². The van der Waals surface area contributed by atoms with Crippen LogP contribution in [0.1, 0.15) is 36.9 Å². The molecule has 0 radical (unpaired) electrons. The fraction of sp³-hybridized carbons (Fsp3) is 0.300. The highest BCUT2D eigenvalue weighted by Gasteiger charge is 2.18. The van der Waals surface area contributed by atoms with Crippen molar-refractivity contribution in [2.45, 2.75) is 25.8 Å². The van der Waals surface area contributed by atoms with Crippen molar-refractivity contribution >= 4 is 11.9 Å². The van der Waals surface area contributed by atoms with Gasteiger partial charge in [-0.1, -0.05) is 24.3 Å². The summed E-state index contributed by atoms with van der Waals surface area (Å²) in [5.41, 5.74) is 1.78. The molecule has 0 heterocycles. The Morgan fingerprint density at radius 2 is 1.73 bits per heavy atom. The van der Waals surface area contributed by atoms with Crippen LogP contribution < -0.4 is 14.8 Å². The zero-order valence-electron chi connectivity index (χ0n) is 15.1. The van der Waals surface area contributed by atoms with Crippen molar-refractivity contribution in [3.8, 4) is 11.5 Å². The Hall–Kier alpha value is -3.02. The maximum atomic E-state index is 12.5. The molecule has 1 amide bonds. The van der Waals surface area contributed by atoms with E-state index in [1.807, 2.05) is 38.1 Å². The molecule has 2 N–H and O–H groups in total. The SMILES string of the molecule is COc1cccc(C(C)C(=O)NC(C)c2ccc(OCC(=O)O)cc2)c1. The second-order valence-electron chi connectivity index (χ2n) is 5.98. The summed E-state index contributed by atoms with van der Waals surface area (Å²) < 4.78 is 10.3. The lowest BCUT2D eigenvalue weighted by Crippen LogP contribution is -2.30. The van der Waals surface area contributed by atoms with Crippen molar-refractivity contribution in [1.82, 2.24) is 5.32 Å². The van der Waals surface area contributed by atoms with E-state index >= 15 is 0 Å². The first-order valence-corrected chi connectivity index (χ1v) is 8.29. The second kappa shape index (κ2) is 8.89. The minimum Gasteiger partial charge on any atom is -0.497 e. The topological polar surface area (TPSA) is 84.9 Å². The summed E-state index contributed by atoms with van der Waals surface area (Å²) in [5, 5.41) is 11.6. The number of hydrogen-bond donors (Lipinski definition) is 2. The average Bonchev–Trinajstić information content (AvgIpc) is 2.66. The molecule has 2 aromatic carbocycles. The molecule has 0 aliphatic heterocycles. The molecule has 0 aliphatic carbocycles. The number of aliphatic carboxylic acids is 1. The van der Waals surface area contributed by atoms with Gasteiger partial charge in [-0.15, -0.1) is 0 Å². The fourth-order valence-corrected chi connectivity index (χ4v) is 2.48. The fourth-order valence-electron chi connectivity index (χ4n) is 2.48. The van der Waals surface area contributed by atoms with Gasteiger partial charge in [0.15, 0.2) is 6.61 Å². The highest BCUT2D eigenvalue weighted by atomic mass is 16.5. The van der Waals surface area contributed by atoms with Gasteiger partial charge >= 0.3 is 5.97 Å². The third-order valence-electron chi connectivity index (χ3n) is 4.09. The van der Waals surface area contributed by atoms with E-state index in [4.69, 9.17) is 14.6 Å². The first-order valence-electron chi connectivity index (χ1n) is 8.29. The molecule has 2 unspecified atom stereocenters. The summed E-state index contributed by atoms with van der Waals surface area (Å²) >= 11 is 0. The summed E-state index contributed by atoms with van der Waals surface area (Å²) in [6.45, 7) is 3.35. The molecule has 0 spiro atoms. The number of hydrogen-bond acceptors (Lipinski definition) is 4. The number of ether oxygens (including phenoxy) is 2. The molecule has 6 heteroatoms. The smallest absolute Gasteiger partial charge is 0.341 e. The molecule has 6 nitrogen and oxygen atoms in total. The monoisotopic (exact) mass is 357 g/mol. The van der Waals surface area contributed by atoms with Crippen LogP contribution in [0.25, 0.3) is 0 Å². The standard InChI is InChI=1S/C20H23NO5/c1-13(16-5-4-6-18(11-16)25-3)20(24)21-14(2)15-7-9-17(10-8-15)26-12-19(22)23/h4-11,13-14H,12H2,1-3H3,(H,21,24)(H,22,23). The number of rotatable bonds is 8. The molecule has 26 heavy (non-hydrogen) atoms. The van der Waals surface area contributed by atoms with Gasteiger partial charge in [0.1, 0.15) is 11.5 Å². The van der Waals surface area contributed by atoms with Crippen LogP contribution in [0.5, 0.6) is 11.5 Å². The number of benzene rings is 2. The molecule has 0 fully saturated rings. The molecule has 138 valence electrons. The lowest BCUT2D eigenvalue weighted by Gasteiger charge is -2.19. The van der Waals surface area contributed by atoms with Crippen LogP contribution in [0.15, 0.2) is 48.5 Å². The molecular weight excluding hydrogens is 334 g/mol. The number of carboxylic acids is 1. The molecule has 0 aliphatic rings. The Morgan fingerprint density at radius 3 is 2.35 bits per heavy atom. The van der Waals surface area contributed by atoms with Crippen LogP contribution in [0.2, 0.25) is 0 Å². The molecule has 2 aromatic rings. The molecule has 2 atom stereocenters. The number of carbonyl (C=O) groups excluding carboxylic acids is 1. The van der Waals surface area contributed by atoms with Gasteiger partial charge in [0.2, 0.25) is 5.91 Å². The van der Waals surface area contributed by atoms with Crippen molar-refractivity contribution in [2.75, 3.05) is 13.7 Å². The van der Waals surface area contributed by atoms with Crippen LogP contribution in [0.3, 0.4) is 0 Å². The van der Waals surface area contributed by atoms with E-state index < -0.39 is 5.97 Å². The van der Waals surface area contributed by atoms with Crippen LogP contribution in [0, 0.1) is 0 Å². The Balaban J connectivity index is 1.98. The summed E-state index contributed by atoms with van der Waals surface area (Å²) in [6, 6.07) is 14.2. The van der Waals surface area contributed by atoms with E-state index in [2.05, 4.69) is 5.32 Å². The first-order chi connectivity index (χ1) is 12.4. The van der Waals surface area contributed by atoms with Crippen LogP contribution in [-0.4, -0.2) is 30.7 Å². The van der Waals surface area contributed by atoms with Crippen molar-refractivity contribution in [3.05, 3.63) is 59.7 Å². The summed E-state index contributed by atoms with van der Waals surface area (Å²) in [7, 11) is 1.59. The Labute approximate surface area is 152 Å². The van der Waals surface area contributed by atoms with Crippen molar-refractivity contribution in [1.29, 1.82) is 0 Å². The van der Waals surface area contributed by atoms with Crippen LogP contribution >= 0.6 is 0 Å². The normalized spacial score (nSPS) is 12.7. The van der Waals surface area contributed by atoms with Gasteiger partial charge in [-0.3, -0.25) is 4.79 Å². The Bertz CT molecular complexity index is 757. The van der Waals surface area contributed by atoms with E-state index in [1.54, 1.807) is 31.4 Å².